The van der Waals surface area contributed by atoms with E-state index in [1.807, 2.05) is 30.3 Å². The summed E-state index contributed by atoms with van der Waals surface area (Å²) >= 11 is 0. The van der Waals surface area contributed by atoms with Gasteiger partial charge in [-0.25, -0.2) is 10.1 Å². The molecule has 0 fully saturated rings. The van der Waals surface area contributed by atoms with Crippen LogP contribution >= 0.6 is 0 Å². The van der Waals surface area contributed by atoms with E-state index in [9.17, 15) is 9.59 Å². The number of amides is 1. The molecule has 4 rings (SSSR count). The van der Waals surface area contributed by atoms with Gasteiger partial charge in [-0.3, -0.25) is 14.7 Å². The molecular formula is C28H28N4O6. The maximum absolute atomic E-state index is 13.6. The summed E-state index contributed by atoms with van der Waals surface area (Å²) in [6, 6.07) is 19.5. The van der Waals surface area contributed by atoms with Crippen molar-refractivity contribution >= 4 is 11.6 Å². The monoisotopic (exact) mass is 516 g/mol. The van der Waals surface area contributed by atoms with Crippen LogP contribution in [0.25, 0.3) is 16.9 Å². The van der Waals surface area contributed by atoms with Gasteiger partial charge in [-0.15, -0.1) is 0 Å². The van der Waals surface area contributed by atoms with Gasteiger partial charge in [0.15, 0.2) is 11.5 Å². The van der Waals surface area contributed by atoms with Crippen LogP contribution in [-0.4, -0.2) is 49.8 Å². The molecule has 0 saturated heterocycles. The van der Waals surface area contributed by atoms with Crippen molar-refractivity contribution in [3.8, 4) is 39.9 Å². The van der Waals surface area contributed by atoms with Crippen LogP contribution in [-0.2, 0) is 0 Å². The Morgan fingerprint density at radius 1 is 0.868 bits per heavy atom. The van der Waals surface area contributed by atoms with Crippen LogP contribution in [0.2, 0.25) is 0 Å². The number of methoxy groups -OCH3 is 4. The first-order valence-electron chi connectivity index (χ1n) is 11.6. The summed E-state index contributed by atoms with van der Waals surface area (Å²) < 4.78 is 22.6. The molecule has 0 radical (unpaired) electrons. The highest BCUT2D eigenvalue weighted by molar-refractivity contribution is 6.04. The minimum atomic E-state index is -0.518. The molecule has 10 nitrogen and oxygen atoms in total. The summed E-state index contributed by atoms with van der Waals surface area (Å²) in [4.78, 5) is 26.5. The smallest absolute Gasteiger partial charge is 0.281 e. The van der Waals surface area contributed by atoms with Gasteiger partial charge >= 0.3 is 0 Å². The maximum Gasteiger partial charge on any atom is 0.281 e. The Labute approximate surface area is 219 Å². The molecule has 0 unspecified atom stereocenters. The number of hydrogen-bond acceptors (Lipinski definition) is 7. The fourth-order valence-corrected chi connectivity index (χ4v) is 3.97. The van der Waals surface area contributed by atoms with Gasteiger partial charge in [-0.1, -0.05) is 30.3 Å². The van der Waals surface area contributed by atoms with Crippen molar-refractivity contribution in [3.63, 3.8) is 0 Å². The number of carbonyl (C=O) groups excluding carboxylic acids is 1. The number of hydrazone groups is 1. The largest absolute Gasteiger partial charge is 0.497 e. The van der Waals surface area contributed by atoms with Gasteiger partial charge in [0, 0.05) is 11.1 Å². The zero-order valence-corrected chi connectivity index (χ0v) is 21.7. The minimum Gasteiger partial charge on any atom is -0.497 e. The van der Waals surface area contributed by atoms with Crippen molar-refractivity contribution in [1.82, 2.24) is 15.2 Å². The summed E-state index contributed by atoms with van der Waals surface area (Å²) in [7, 11) is 5.99. The predicted octanol–water partition coefficient (Wildman–Crippen LogP) is 4.02. The van der Waals surface area contributed by atoms with E-state index < -0.39 is 5.91 Å². The lowest BCUT2D eigenvalue weighted by atomic mass is 10.1. The third-order valence-electron chi connectivity index (χ3n) is 5.90. The van der Waals surface area contributed by atoms with E-state index in [1.54, 1.807) is 38.3 Å². The molecule has 0 aliphatic rings. The zero-order valence-electron chi connectivity index (χ0n) is 21.7. The number of aromatic nitrogens is 2. The highest BCUT2D eigenvalue weighted by atomic mass is 16.5. The number of H-pyrrole nitrogens is 1. The minimum absolute atomic E-state index is 0.240. The molecule has 3 aromatic carbocycles. The third-order valence-corrected chi connectivity index (χ3v) is 5.90. The average Bonchev–Trinajstić information content (AvgIpc) is 3.32. The lowest BCUT2D eigenvalue weighted by Gasteiger charge is -2.13. The fourth-order valence-electron chi connectivity index (χ4n) is 3.97. The summed E-state index contributed by atoms with van der Waals surface area (Å²) in [5.41, 5.74) is 5.05. The van der Waals surface area contributed by atoms with Crippen molar-refractivity contribution in [3.05, 3.63) is 88.2 Å². The Morgan fingerprint density at radius 3 is 2.05 bits per heavy atom. The summed E-state index contributed by atoms with van der Waals surface area (Å²) in [5.74, 6) is 1.18. The van der Waals surface area contributed by atoms with Crippen molar-refractivity contribution in [1.29, 1.82) is 0 Å². The first-order valence-corrected chi connectivity index (χ1v) is 11.6. The van der Waals surface area contributed by atoms with Crippen molar-refractivity contribution in [2.45, 2.75) is 6.92 Å². The highest BCUT2D eigenvalue weighted by Crippen LogP contribution is 2.38. The van der Waals surface area contributed by atoms with Crippen molar-refractivity contribution in [2.75, 3.05) is 28.4 Å². The van der Waals surface area contributed by atoms with Gasteiger partial charge in [0.2, 0.25) is 5.75 Å². The molecule has 196 valence electrons. The number of carbonyl (C=O) groups is 1. The van der Waals surface area contributed by atoms with E-state index >= 15 is 0 Å². The van der Waals surface area contributed by atoms with Gasteiger partial charge in [0.05, 0.1) is 51.1 Å². The number of hydrogen-bond donors (Lipinski definition) is 2. The van der Waals surface area contributed by atoms with E-state index in [4.69, 9.17) is 18.9 Å². The lowest BCUT2D eigenvalue weighted by molar-refractivity contribution is 0.0954. The number of aromatic amines is 1. The number of nitrogens with one attached hydrogen (secondary N) is 2. The molecule has 1 aromatic heterocycles. The van der Waals surface area contributed by atoms with Crippen LogP contribution < -0.4 is 29.9 Å². The van der Waals surface area contributed by atoms with Crippen LogP contribution in [0.15, 0.2) is 76.6 Å². The normalized spacial score (nSPS) is 11.1. The quantitative estimate of drug-likeness (QED) is 0.256. The first kappa shape index (κ1) is 26.1. The SMILES string of the molecule is COc1ccc(-n2[nH]c(-c3ccccc3)c(C(C)=NNC(=O)c3cc(OC)c(OC)c(OC)c3)c2=O)cc1. The predicted molar refractivity (Wildman–Crippen MR) is 144 cm³/mol. The Bertz CT molecular complexity index is 1500. The van der Waals surface area contributed by atoms with Crippen molar-refractivity contribution < 1.29 is 23.7 Å². The van der Waals surface area contributed by atoms with Crippen LogP contribution in [0, 0.1) is 0 Å². The Hall–Kier alpha value is -4.99. The van der Waals surface area contributed by atoms with Gasteiger partial charge in [-0.2, -0.15) is 5.10 Å². The van der Waals surface area contributed by atoms with Gasteiger partial charge in [0.1, 0.15) is 5.75 Å². The van der Waals surface area contributed by atoms with E-state index in [2.05, 4.69) is 15.6 Å². The number of rotatable bonds is 9. The topological polar surface area (TPSA) is 116 Å². The second-order valence-corrected chi connectivity index (χ2v) is 8.12. The molecule has 0 saturated carbocycles. The highest BCUT2D eigenvalue weighted by Gasteiger charge is 2.21. The van der Waals surface area contributed by atoms with Crippen LogP contribution in [0.3, 0.4) is 0 Å². The second kappa shape index (κ2) is 11.4. The van der Waals surface area contributed by atoms with Crippen LogP contribution in [0.1, 0.15) is 22.8 Å². The van der Waals surface area contributed by atoms with E-state index in [0.29, 0.717) is 45.7 Å². The van der Waals surface area contributed by atoms with E-state index in [1.165, 1.54) is 38.1 Å². The molecular weight excluding hydrogens is 488 g/mol. The summed E-state index contributed by atoms with van der Waals surface area (Å²) in [5, 5.41) is 7.44. The van der Waals surface area contributed by atoms with E-state index in [-0.39, 0.29) is 11.1 Å². The molecule has 0 bridgehead atoms. The standard InChI is InChI=1S/C28H28N4O6/c1-17(29-30-27(33)19-15-22(36-3)26(38-5)23(16-19)37-4)24-25(18-9-7-6-8-10-18)31-32(28(24)34)20-11-13-21(35-2)14-12-20/h6-16,31H,1-5H3,(H,30,33). The molecule has 10 heteroatoms. The zero-order chi connectivity index (χ0) is 27.2. The summed E-state index contributed by atoms with van der Waals surface area (Å²) in [6.45, 7) is 1.66. The molecule has 38 heavy (non-hydrogen) atoms. The third kappa shape index (κ3) is 5.10. The average molecular weight is 517 g/mol. The van der Waals surface area contributed by atoms with Gasteiger partial charge in [-0.05, 0) is 43.3 Å². The molecule has 1 heterocycles. The fraction of sp³-hybridized carbons (Fsp3) is 0.179. The van der Waals surface area contributed by atoms with Crippen LogP contribution in [0.5, 0.6) is 23.0 Å². The van der Waals surface area contributed by atoms with Crippen LogP contribution in [0.4, 0.5) is 0 Å². The summed E-state index contributed by atoms with van der Waals surface area (Å²) in [6.07, 6.45) is 0. The van der Waals surface area contributed by atoms with Gasteiger partial charge in [0.25, 0.3) is 11.5 Å². The maximum atomic E-state index is 13.6. The lowest BCUT2D eigenvalue weighted by Crippen LogP contribution is -2.23. The Kier molecular flexibility index (Phi) is 7.81. The van der Waals surface area contributed by atoms with E-state index in [0.717, 1.165) is 5.56 Å². The molecule has 0 atom stereocenters. The molecule has 0 spiro atoms. The molecule has 0 aliphatic heterocycles. The second-order valence-electron chi connectivity index (χ2n) is 8.12. The first-order chi connectivity index (χ1) is 18.4. The number of benzene rings is 3. The van der Waals surface area contributed by atoms with Gasteiger partial charge < -0.3 is 18.9 Å². The molecule has 0 aliphatic carbocycles. The number of ether oxygens (including phenoxy) is 4. The molecule has 1 amide bonds. The molecule has 2 N–H and O–H groups in total. The number of nitrogens with zero attached hydrogens (tertiary/aromatic N) is 2. The Morgan fingerprint density at radius 2 is 1.50 bits per heavy atom. The Balaban J connectivity index is 1.73. The molecule has 4 aromatic rings. The van der Waals surface area contributed by atoms with Crippen molar-refractivity contribution in [2.24, 2.45) is 5.10 Å².